The predicted molar refractivity (Wildman–Crippen MR) is 93.8 cm³/mol. The number of imidazole rings is 1. The van der Waals surface area contributed by atoms with Gasteiger partial charge in [0.1, 0.15) is 6.61 Å². The quantitative estimate of drug-likeness (QED) is 0.297. The Labute approximate surface area is 155 Å². The molecule has 0 radical (unpaired) electrons. The number of halogens is 1. The number of carbonyl (C=O) groups is 2. The van der Waals surface area contributed by atoms with E-state index < -0.39 is 16.8 Å². The molecular formula is C15H11ClN4O5S. The van der Waals surface area contributed by atoms with Crippen molar-refractivity contribution in [2.75, 3.05) is 13.2 Å². The number of amides is 1. The summed E-state index contributed by atoms with van der Waals surface area (Å²) in [7, 11) is 0. The smallest absolute Gasteiger partial charge is 0.338 e. The fourth-order valence-corrected chi connectivity index (χ4v) is 3.18. The van der Waals surface area contributed by atoms with Crippen LogP contribution >= 0.6 is 22.9 Å². The van der Waals surface area contributed by atoms with Crippen LogP contribution in [0, 0.1) is 10.1 Å². The first-order valence-electron chi connectivity index (χ1n) is 7.28. The summed E-state index contributed by atoms with van der Waals surface area (Å²) in [6.45, 7) is 0.00994. The number of fused-ring (bicyclic) bond motifs is 1. The summed E-state index contributed by atoms with van der Waals surface area (Å²) in [5.41, 5.74) is 0.275. The van der Waals surface area contributed by atoms with E-state index in [9.17, 15) is 19.7 Å². The Hall–Kier alpha value is -2.98. The van der Waals surface area contributed by atoms with Crippen molar-refractivity contribution in [3.05, 3.63) is 62.4 Å². The van der Waals surface area contributed by atoms with Crippen LogP contribution < -0.4 is 5.32 Å². The maximum Gasteiger partial charge on any atom is 0.338 e. The number of nitro groups is 1. The Kier molecular flexibility index (Phi) is 5.14. The van der Waals surface area contributed by atoms with Gasteiger partial charge in [-0.1, -0.05) is 11.6 Å². The van der Waals surface area contributed by atoms with Crippen molar-refractivity contribution in [1.29, 1.82) is 0 Å². The topological polar surface area (TPSA) is 116 Å². The van der Waals surface area contributed by atoms with Gasteiger partial charge in [-0.3, -0.25) is 19.3 Å². The second kappa shape index (κ2) is 7.50. The second-order valence-electron chi connectivity index (χ2n) is 5.00. The summed E-state index contributed by atoms with van der Waals surface area (Å²) in [4.78, 5) is 38.7. The van der Waals surface area contributed by atoms with Crippen molar-refractivity contribution in [3.63, 3.8) is 0 Å². The lowest BCUT2D eigenvalue weighted by molar-refractivity contribution is -0.384. The van der Waals surface area contributed by atoms with Crippen LogP contribution in [0.2, 0.25) is 5.15 Å². The summed E-state index contributed by atoms with van der Waals surface area (Å²) < 4.78 is 6.60. The number of thiazole rings is 1. The Morgan fingerprint density at radius 2 is 2.08 bits per heavy atom. The van der Waals surface area contributed by atoms with Crippen molar-refractivity contribution >= 4 is 45.5 Å². The minimum Gasteiger partial charge on any atom is -0.460 e. The summed E-state index contributed by atoms with van der Waals surface area (Å²) in [6, 6.07) is 5.04. The third kappa shape index (κ3) is 3.65. The van der Waals surface area contributed by atoms with Crippen LogP contribution in [0.25, 0.3) is 4.96 Å². The van der Waals surface area contributed by atoms with E-state index in [0.717, 1.165) is 0 Å². The first kappa shape index (κ1) is 17.8. The van der Waals surface area contributed by atoms with E-state index in [4.69, 9.17) is 16.3 Å². The highest BCUT2D eigenvalue weighted by atomic mass is 35.5. The molecule has 0 saturated carbocycles. The van der Waals surface area contributed by atoms with E-state index in [1.165, 1.54) is 35.6 Å². The maximum atomic E-state index is 12.2. The molecule has 134 valence electrons. The van der Waals surface area contributed by atoms with Crippen molar-refractivity contribution in [1.82, 2.24) is 14.7 Å². The number of benzene rings is 1. The predicted octanol–water partition coefficient (Wildman–Crippen LogP) is 2.54. The van der Waals surface area contributed by atoms with Gasteiger partial charge in [-0.05, 0) is 12.1 Å². The number of hydrogen-bond donors (Lipinski definition) is 1. The van der Waals surface area contributed by atoms with E-state index >= 15 is 0 Å². The van der Waals surface area contributed by atoms with Gasteiger partial charge >= 0.3 is 5.97 Å². The lowest BCUT2D eigenvalue weighted by atomic mass is 10.2. The highest BCUT2D eigenvalue weighted by Crippen LogP contribution is 2.21. The third-order valence-corrected chi connectivity index (χ3v) is 4.39. The maximum absolute atomic E-state index is 12.2. The largest absolute Gasteiger partial charge is 0.460 e. The number of aromatic nitrogens is 2. The van der Waals surface area contributed by atoms with Crippen molar-refractivity contribution < 1.29 is 19.2 Å². The number of esters is 1. The highest BCUT2D eigenvalue weighted by molar-refractivity contribution is 7.15. The molecule has 0 aliphatic rings. The van der Waals surface area contributed by atoms with E-state index in [-0.39, 0.29) is 35.2 Å². The Morgan fingerprint density at radius 3 is 2.77 bits per heavy atom. The van der Waals surface area contributed by atoms with Gasteiger partial charge < -0.3 is 10.1 Å². The van der Waals surface area contributed by atoms with Crippen LogP contribution in [0.15, 0.2) is 35.8 Å². The van der Waals surface area contributed by atoms with Crippen LogP contribution in [-0.2, 0) is 4.74 Å². The standard InChI is InChI=1S/C15H11ClN4O5S/c16-12-11(19-6-8-26-15(19)18-12)13(21)17-5-7-25-14(22)9-1-3-10(4-2-9)20(23)24/h1-4,6,8H,5,7H2,(H,17,21). The second-order valence-corrected chi connectivity index (χ2v) is 6.23. The number of rotatable bonds is 6. The summed E-state index contributed by atoms with van der Waals surface area (Å²) in [5.74, 6) is -1.08. The monoisotopic (exact) mass is 394 g/mol. The Bertz CT molecular complexity index is 982. The van der Waals surface area contributed by atoms with Gasteiger partial charge in [0.2, 0.25) is 0 Å². The number of nitrogens with zero attached hydrogens (tertiary/aromatic N) is 3. The van der Waals surface area contributed by atoms with Crippen LogP contribution in [0.4, 0.5) is 5.69 Å². The number of nitrogens with one attached hydrogen (secondary N) is 1. The molecule has 0 aliphatic heterocycles. The molecule has 0 fully saturated rings. The fraction of sp³-hybridized carbons (Fsp3) is 0.133. The minimum absolute atomic E-state index is 0.0647. The van der Waals surface area contributed by atoms with Gasteiger partial charge in [0.25, 0.3) is 11.6 Å². The SMILES string of the molecule is O=C(OCCNC(=O)c1c(Cl)nc2sccn12)c1ccc([N+](=O)[O-])cc1. The average molecular weight is 395 g/mol. The van der Waals surface area contributed by atoms with Crippen molar-refractivity contribution in [3.8, 4) is 0 Å². The summed E-state index contributed by atoms with van der Waals surface area (Å²) in [6.07, 6.45) is 1.68. The summed E-state index contributed by atoms with van der Waals surface area (Å²) in [5, 5.41) is 15.0. The van der Waals surface area contributed by atoms with Crippen molar-refractivity contribution in [2.24, 2.45) is 0 Å². The molecule has 2 aromatic heterocycles. The summed E-state index contributed by atoms with van der Waals surface area (Å²) >= 11 is 7.31. The molecule has 0 saturated heterocycles. The van der Waals surface area contributed by atoms with E-state index in [1.54, 1.807) is 16.0 Å². The zero-order valence-electron chi connectivity index (χ0n) is 13.0. The number of nitro benzene ring substituents is 1. The van der Waals surface area contributed by atoms with Gasteiger partial charge in [0.05, 0.1) is 17.0 Å². The van der Waals surface area contributed by atoms with Crippen LogP contribution in [0.1, 0.15) is 20.8 Å². The molecule has 1 N–H and O–H groups in total. The van der Waals surface area contributed by atoms with Crippen LogP contribution in [-0.4, -0.2) is 39.3 Å². The van der Waals surface area contributed by atoms with E-state index in [0.29, 0.717) is 4.96 Å². The Balaban J connectivity index is 1.51. The first-order chi connectivity index (χ1) is 12.5. The molecule has 9 nitrogen and oxygen atoms in total. The Morgan fingerprint density at radius 1 is 1.35 bits per heavy atom. The molecule has 0 aliphatic carbocycles. The molecule has 11 heteroatoms. The van der Waals surface area contributed by atoms with Crippen molar-refractivity contribution in [2.45, 2.75) is 0 Å². The molecule has 0 atom stereocenters. The van der Waals surface area contributed by atoms with Crippen LogP contribution in [0.3, 0.4) is 0 Å². The van der Waals surface area contributed by atoms with E-state index in [1.807, 2.05) is 0 Å². The normalized spacial score (nSPS) is 10.7. The minimum atomic E-state index is -0.642. The number of carbonyl (C=O) groups excluding carboxylic acids is 2. The number of hydrogen-bond acceptors (Lipinski definition) is 7. The zero-order valence-corrected chi connectivity index (χ0v) is 14.6. The van der Waals surface area contributed by atoms with Gasteiger partial charge in [-0.2, -0.15) is 0 Å². The molecule has 3 aromatic rings. The lowest BCUT2D eigenvalue weighted by Crippen LogP contribution is -2.29. The molecule has 1 amide bonds. The molecule has 0 bridgehead atoms. The number of non-ortho nitro benzene ring substituents is 1. The molecule has 0 unspecified atom stereocenters. The highest BCUT2D eigenvalue weighted by Gasteiger charge is 2.18. The molecule has 0 spiro atoms. The van der Waals surface area contributed by atoms with Gasteiger partial charge in [0, 0.05) is 23.7 Å². The third-order valence-electron chi connectivity index (χ3n) is 3.37. The first-order valence-corrected chi connectivity index (χ1v) is 8.54. The molecular weight excluding hydrogens is 384 g/mol. The van der Waals surface area contributed by atoms with Gasteiger partial charge in [0.15, 0.2) is 15.8 Å². The molecule has 1 aromatic carbocycles. The van der Waals surface area contributed by atoms with Gasteiger partial charge in [-0.25, -0.2) is 9.78 Å². The molecule has 3 rings (SSSR count). The van der Waals surface area contributed by atoms with Gasteiger partial charge in [-0.15, -0.1) is 11.3 Å². The molecule has 2 heterocycles. The van der Waals surface area contributed by atoms with Crippen LogP contribution in [0.5, 0.6) is 0 Å². The average Bonchev–Trinajstić information content (AvgIpc) is 3.18. The lowest BCUT2D eigenvalue weighted by Gasteiger charge is -2.06. The number of ether oxygens (including phenoxy) is 1. The molecule has 26 heavy (non-hydrogen) atoms. The van der Waals surface area contributed by atoms with E-state index in [2.05, 4.69) is 10.3 Å². The fourth-order valence-electron chi connectivity index (χ4n) is 2.16. The zero-order chi connectivity index (χ0) is 18.7.